The molecule has 25 heavy (non-hydrogen) atoms. The van der Waals surface area contributed by atoms with Gasteiger partial charge in [-0.3, -0.25) is 4.79 Å². The summed E-state index contributed by atoms with van der Waals surface area (Å²) in [5, 5.41) is 4.22. The molecule has 4 rings (SSSR count). The second kappa shape index (κ2) is 6.74. The predicted molar refractivity (Wildman–Crippen MR) is 90.7 cm³/mol. The van der Waals surface area contributed by atoms with Gasteiger partial charge in [-0.15, -0.1) is 0 Å². The second-order valence-electron chi connectivity index (χ2n) is 6.58. The first-order valence-corrected chi connectivity index (χ1v) is 8.75. The van der Waals surface area contributed by atoms with Gasteiger partial charge in [0.05, 0.1) is 12.0 Å². The van der Waals surface area contributed by atoms with E-state index in [2.05, 4.69) is 10.1 Å². The van der Waals surface area contributed by atoms with E-state index in [1.807, 2.05) is 34.7 Å². The van der Waals surface area contributed by atoms with Crippen LogP contribution in [0.2, 0.25) is 0 Å². The number of hydrogen-bond donors (Lipinski definition) is 0. The average molecular weight is 342 g/mol. The molecule has 0 radical (unpaired) electrons. The Labute approximate surface area is 146 Å². The van der Waals surface area contributed by atoms with Crippen molar-refractivity contribution in [2.24, 2.45) is 0 Å². The molecule has 0 spiro atoms. The van der Waals surface area contributed by atoms with Crippen LogP contribution in [-0.4, -0.2) is 51.9 Å². The average Bonchev–Trinajstić information content (AvgIpc) is 3.21. The van der Waals surface area contributed by atoms with Crippen molar-refractivity contribution in [3.8, 4) is 11.5 Å². The normalized spacial score (nSPS) is 21.0. The lowest BCUT2D eigenvalue weighted by Gasteiger charge is -2.34. The van der Waals surface area contributed by atoms with E-state index >= 15 is 0 Å². The molecule has 1 aromatic carbocycles. The largest absolute Gasteiger partial charge is 0.486 e. The Kier molecular flexibility index (Phi) is 4.29. The first-order chi connectivity index (χ1) is 12.2. The van der Waals surface area contributed by atoms with Crippen molar-refractivity contribution >= 4 is 5.91 Å². The van der Waals surface area contributed by atoms with Crippen molar-refractivity contribution in [3.63, 3.8) is 0 Å². The zero-order chi connectivity index (χ0) is 17.2. The van der Waals surface area contributed by atoms with E-state index < -0.39 is 0 Å². The van der Waals surface area contributed by atoms with E-state index in [9.17, 15) is 4.79 Å². The summed E-state index contributed by atoms with van der Waals surface area (Å²) < 4.78 is 13.0. The van der Waals surface area contributed by atoms with Gasteiger partial charge < -0.3 is 14.4 Å². The number of piperidine rings is 1. The summed E-state index contributed by atoms with van der Waals surface area (Å²) in [6.45, 7) is 4.53. The minimum absolute atomic E-state index is 0.140. The lowest BCUT2D eigenvalue weighted by atomic mass is 9.97. The standard InChI is InChI=1S/C18H22N4O3/c1-13(14-4-5-16-17(9-14)25-8-7-24-16)18(23)21-6-2-3-15(10-21)22-12-19-11-20-22/h4-5,9,11-13,15H,2-3,6-8,10H2,1H3/t13-,15+/m0/s1. The van der Waals surface area contributed by atoms with Crippen LogP contribution in [0.25, 0.3) is 0 Å². The van der Waals surface area contributed by atoms with Crippen LogP contribution in [0.4, 0.5) is 0 Å². The van der Waals surface area contributed by atoms with Crippen molar-refractivity contribution in [2.45, 2.75) is 31.7 Å². The summed E-state index contributed by atoms with van der Waals surface area (Å²) in [4.78, 5) is 18.9. The number of fused-ring (bicyclic) bond motifs is 1. The molecule has 2 atom stereocenters. The van der Waals surface area contributed by atoms with Gasteiger partial charge in [0.2, 0.25) is 5.91 Å². The lowest BCUT2D eigenvalue weighted by molar-refractivity contribution is -0.134. The third-order valence-electron chi connectivity index (χ3n) is 4.96. The molecule has 1 amide bonds. The first kappa shape index (κ1) is 15.9. The molecule has 7 heteroatoms. The van der Waals surface area contributed by atoms with E-state index in [4.69, 9.17) is 9.47 Å². The number of rotatable bonds is 3. The Morgan fingerprint density at radius 1 is 1.28 bits per heavy atom. The number of hydrogen-bond acceptors (Lipinski definition) is 5. The molecule has 1 fully saturated rings. The van der Waals surface area contributed by atoms with Crippen LogP contribution in [0.15, 0.2) is 30.9 Å². The van der Waals surface area contributed by atoms with Crippen molar-refractivity contribution in [3.05, 3.63) is 36.4 Å². The Morgan fingerprint density at radius 3 is 2.92 bits per heavy atom. The molecule has 3 heterocycles. The number of likely N-dealkylation sites (tertiary alicyclic amines) is 1. The minimum Gasteiger partial charge on any atom is -0.486 e. The Balaban J connectivity index is 1.48. The molecule has 2 aromatic rings. The maximum Gasteiger partial charge on any atom is 0.229 e. The van der Waals surface area contributed by atoms with E-state index in [0.717, 1.165) is 36.4 Å². The molecule has 1 aromatic heterocycles. The zero-order valence-electron chi connectivity index (χ0n) is 14.3. The van der Waals surface area contributed by atoms with Gasteiger partial charge in [0, 0.05) is 13.1 Å². The van der Waals surface area contributed by atoms with Crippen LogP contribution in [0, 0.1) is 0 Å². The summed E-state index contributed by atoms with van der Waals surface area (Å²) >= 11 is 0. The highest BCUT2D eigenvalue weighted by atomic mass is 16.6. The molecule has 132 valence electrons. The van der Waals surface area contributed by atoms with E-state index in [1.54, 1.807) is 12.7 Å². The monoisotopic (exact) mass is 342 g/mol. The first-order valence-electron chi connectivity index (χ1n) is 8.75. The topological polar surface area (TPSA) is 69.5 Å². The molecule has 2 aliphatic heterocycles. The lowest BCUT2D eigenvalue weighted by Crippen LogP contribution is -2.42. The van der Waals surface area contributed by atoms with Crippen molar-refractivity contribution in [1.82, 2.24) is 19.7 Å². The van der Waals surface area contributed by atoms with Crippen molar-refractivity contribution in [2.75, 3.05) is 26.3 Å². The summed E-state index contributed by atoms with van der Waals surface area (Å²) in [6, 6.07) is 5.97. The van der Waals surface area contributed by atoms with Crippen molar-refractivity contribution in [1.29, 1.82) is 0 Å². The van der Waals surface area contributed by atoms with Crippen molar-refractivity contribution < 1.29 is 14.3 Å². The van der Waals surface area contributed by atoms with Gasteiger partial charge in [-0.25, -0.2) is 9.67 Å². The van der Waals surface area contributed by atoms with Crippen LogP contribution in [-0.2, 0) is 4.79 Å². The van der Waals surface area contributed by atoms with E-state index in [-0.39, 0.29) is 17.9 Å². The SMILES string of the molecule is C[C@H](C(=O)N1CCC[C@@H](n2cncn2)C1)c1ccc2c(c1)OCCO2. The fourth-order valence-electron chi connectivity index (χ4n) is 3.52. The van der Waals surface area contributed by atoms with Crippen LogP contribution < -0.4 is 9.47 Å². The van der Waals surface area contributed by atoms with Gasteiger partial charge in [0.1, 0.15) is 25.9 Å². The summed E-state index contributed by atoms with van der Waals surface area (Å²) in [7, 11) is 0. The quantitative estimate of drug-likeness (QED) is 0.853. The molecule has 0 bridgehead atoms. The number of ether oxygens (including phenoxy) is 2. The third-order valence-corrected chi connectivity index (χ3v) is 4.96. The van der Waals surface area contributed by atoms with Crippen LogP contribution in [0.1, 0.15) is 37.3 Å². The Hall–Kier alpha value is -2.57. The van der Waals surface area contributed by atoms with Gasteiger partial charge in [0.15, 0.2) is 11.5 Å². The van der Waals surface area contributed by atoms with Gasteiger partial charge in [-0.05, 0) is 37.5 Å². The van der Waals surface area contributed by atoms with Gasteiger partial charge >= 0.3 is 0 Å². The van der Waals surface area contributed by atoms with E-state index in [0.29, 0.717) is 19.8 Å². The smallest absolute Gasteiger partial charge is 0.229 e. The molecule has 1 saturated heterocycles. The van der Waals surface area contributed by atoms with Gasteiger partial charge in [-0.2, -0.15) is 5.10 Å². The molecule has 7 nitrogen and oxygen atoms in total. The molecule has 0 N–H and O–H groups in total. The highest BCUT2D eigenvalue weighted by Crippen LogP contribution is 2.34. The van der Waals surface area contributed by atoms with Crippen LogP contribution in [0.3, 0.4) is 0 Å². The number of benzene rings is 1. The number of amides is 1. The van der Waals surface area contributed by atoms with Crippen LogP contribution >= 0.6 is 0 Å². The highest BCUT2D eigenvalue weighted by molar-refractivity contribution is 5.83. The van der Waals surface area contributed by atoms with Gasteiger partial charge in [-0.1, -0.05) is 6.07 Å². The predicted octanol–water partition coefficient (Wildman–Crippen LogP) is 2.02. The molecule has 0 aliphatic carbocycles. The number of carbonyl (C=O) groups is 1. The maximum atomic E-state index is 13.0. The minimum atomic E-state index is -0.217. The molecule has 2 aliphatic rings. The fourth-order valence-corrected chi connectivity index (χ4v) is 3.52. The molecular formula is C18H22N4O3. The summed E-state index contributed by atoms with van der Waals surface area (Å²) in [5.74, 6) is 1.40. The summed E-state index contributed by atoms with van der Waals surface area (Å²) in [6.07, 6.45) is 5.26. The third kappa shape index (κ3) is 3.18. The van der Waals surface area contributed by atoms with Crippen LogP contribution in [0.5, 0.6) is 11.5 Å². The number of aromatic nitrogens is 3. The Bertz CT molecular complexity index is 747. The zero-order valence-corrected chi connectivity index (χ0v) is 14.3. The highest BCUT2D eigenvalue weighted by Gasteiger charge is 2.29. The second-order valence-corrected chi connectivity index (χ2v) is 6.58. The summed E-state index contributed by atoms with van der Waals surface area (Å²) in [5.41, 5.74) is 0.956. The molecular weight excluding hydrogens is 320 g/mol. The molecule has 0 unspecified atom stereocenters. The Morgan fingerprint density at radius 2 is 2.12 bits per heavy atom. The van der Waals surface area contributed by atoms with Gasteiger partial charge in [0.25, 0.3) is 0 Å². The molecule has 0 saturated carbocycles. The fraction of sp³-hybridized carbons (Fsp3) is 0.500. The van der Waals surface area contributed by atoms with E-state index in [1.165, 1.54) is 0 Å². The number of nitrogens with zero attached hydrogens (tertiary/aromatic N) is 4. The maximum absolute atomic E-state index is 13.0. The number of carbonyl (C=O) groups excluding carboxylic acids is 1.